The first-order valence-corrected chi connectivity index (χ1v) is 8.76. The Morgan fingerprint density at radius 1 is 1.04 bits per heavy atom. The van der Waals surface area contributed by atoms with E-state index in [1.165, 1.54) is 7.11 Å². The van der Waals surface area contributed by atoms with Crippen LogP contribution in [0.5, 0.6) is 0 Å². The molecule has 2 aromatic rings. The van der Waals surface area contributed by atoms with E-state index in [2.05, 4.69) is 26.1 Å². The molecule has 0 radical (unpaired) electrons. The summed E-state index contributed by atoms with van der Waals surface area (Å²) < 4.78 is 4.87. The van der Waals surface area contributed by atoms with E-state index in [4.69, 9.17) is 4.74 Å². The number of nitrogens with one attached hydrogen (secondary N) is 1. The van der Waals surface area contributed by atoms with Crippen LogP contribution in [-0.2, 0) is 21.4 Å². The number of esters is 1. The Kier molecular flexibility index (Phi) is 6.19. The smallest absolute Gasteiger partial charge is 0.328 e. The third kappa shape index (κ3) is 4.94. The summed E-state index contributed by atoms with van der Waals surface area (Å²) in [5, 5.41) is 2.80. The van der Waals surface area contributed by atoms with Crippen LogP contribution in [0.4, 0.5) is 0 Å². The highest BCUT2D eigenvalue weighted by molar-refractivity contribution is 5.96. The van der Waals surface area contributed by atoms with Gasteiger partial charge >= 0.3 is 5.97 Å². The highest BCUT2D eigenvalue weighted by Gasteiger charge is 2.23. The van der Waals surface area contributed by atoms with Gasteiger partial charge in [0.2, 0.25) is 0 Å². The van der Waals surface area contributed by atoms with E-state index in [1.807, 2.05) is 43.3 Å². The molecule has 26 heavy (non-hydrogen) atoms. The van der Waals surface area contributed by atoms with Crippen molar-refractivity contribution < 1.29 is 14.3 Å². The Morgan fingerprint density at radius 2 is 1.65 bits per heavy atom. The predicted molar refractivity (Wildman–Crippen MR) is 103 cm³/mol. The SMILES string of the molecule is COC(=O)[C@@H](Cc1ccccc1C)NC(=O)c1ccc(C(C)(C)C)cc1. The molecular formula is C22H27NO3. The highest BCUT2D eigenvalue weighted by atomic mass is 16.5. The summed E-state index contributed by atoms with van der Waals surface area (Å²) in [5.74, 6) is -0.734. The number of amides is 1. The number of methoxy groups -OCH3 is 1. The van der Waals surface area contributed by atoms with Crippen LogP contribution in [-0.4, -0.2) is 25.0 Å². The van der Waals surface area contributed by atoms with Gasteiger partial charge in [-0.1, -0.05) is 57.2 Å². The van der Waals surface area contributed by atoms with E-state index in [9.17, 15) is 9.59 Å². The summed E-state index contributed by atoms with van der Waals surface area (Å²) in [4.78, 5) is 24.7. The van der Waals surface area contributed by atoms with Crippen molar-refractivity contribution in [2.75, 3.05) is 7.11 Å². The van der Waals surface area contributed by atoms with Crippen LogP contribution >= 0.6 is 0 Å². The van der Waals surface area contributed by atoms with Crippen molar-refractivity contribution in [3.8, 4) is 0 Å². The topological polar surface area (TPSA) is 55.4 Å². The number of rotatable bonds is 5. The van der Waals surface area contributed by atoms with Crippen molar-refractivity contribution in [2.45, 2.75) is 45.6 Å². The first-order chi connectivity index (χ1) is 12.2. The quantitative estimate of drug-likeness (QED) is 0.832. The van der Waals surface area contributed by atoms with Gasteiger partial charge in [0, 0.05) is 12.0 Å². The minimum absolute atomic E-state index is 0.0222. The van der Waals surface area contributed by atoms with Crippen LogP contribution in [0, 0.1) is 6.92 Å². The minimum atomic E-state index is -0.726. The van der Waals surface area contributed by atoms with Crippen molar-refractivity contribution >= 4 is 11.9 Å². The largest absolute Gasteiger partial charge is 0.467 e. The first kappa shape index (κ1) is 19.7. The average molecular weight is 353 g/mol. The molecule has 0 unspecified atom stereocenters. The molecule has 0 aliphatic carbocycles. The van der Waals surface area contributed by atoms with Crippen molar-refractivity contribution in [3.05, 3.63) is 70.8 Å². The second kappa shape index (κ2) is 8.17. The summed E-state index contributed by atoms with van der Waals surface area (Å²) >= 11 is 0. The van der Waals surface area contributed by atoms with Gasteiger partial charge in [-0.2, -0.15) is 0 Å². The maximum atomic E-state index is 12.6. The molecule has 138 valence electrons. The lowest BCUT2D eigenvalue weighted by atomic mass is 9.86. The van der Waals surface area contributed by atoms with Crippen LogP contribution in [0.25, 0.3) is 0 Å². The van der Waals surface area contributed by atoms with Gasteiger partial charge in [0.05, 0.1) is 7.11 Å². The van der Waals surface area contributed by atoms with Gasteiger partial charge in [0.15, 0.2) is 0 Å². The lowest BCUT2D eigenvalue weighted by molar-refractivity contribution is -0.142. The number of carbonyl (C=O) groups is 2. The molecule has 1 N–H and O–H groups in total. The Balaban J connectivity index is 2.16. The van der Waals surface area contributed by atoms with Crippen LogP contribution in [0.1, 0.15) is 47.8 Å². The molecule has 0 heterocycles. The van der Waals surface area contributed by atoms with Gasteiger partial charge in [-0.25, -0.2) is 4.79 Å². The summed E-state index contributed by atoms with van der Waals surface area (Å²) in [7, 11) is 1.33. The molecule has 0 spiro atoms. The van der Waals surface area contributed by atoms with Crippen LogP contribution < -0.4 is 5.32 Å². The molecular weight excluding hydrogens is 326 g/mol. The number of hydrogen-bond acceptors (Lipinski definition) is 3. The van der Waals surface area contributed by atoms with Crippen LogP contribution in [0.15, 0.2) is 48.5 Å². The monoisotopic (exact) mass is 353 g/mol. The van der Waals surface area contributed by atoms with Crippen molar-refractivity contribution in [2.24, 2.45) is 0 Å². The van der Waals surface area contributed by atoms with Crippen molar-refractivity contribution in [1.29, 1.82) is 0 Å². The van der Waals surface area contributed by atoms with E-state index < -0.39 is 12.0 Å². The second-order valence-electron chi connectivity index (χ2n) is 7.51. The first-order valence-electron chi connectivity index (χ1n) is 8.76. The molecule has 1 amide bonds. The lowest BCUT2D eigenvalue weighted by Crippen LogP contribution is -2.43. The van der Waals surface area contributed by atoms with Crippen molar-refractivity contribution in [1.82, 2.24) is 5.32 Å². The van der Waals surface area contributed by atoms with E-state index in [0.717, 1.165) is 16.7 Å². The van der Waals surface area contributed by atoms with E-state index in [1.54, 1.807) is 12.1 Å². The molecule has 0 aromatic heterocycles. The molecule has 0 aliphatic rings. The van der Waals surface area contributed by atoms with Gasteiger partial charge in [-0.05, 0) is 41.2 Å². The number of benzene rings is 2. The zero-order chi connectivity index (χ0) is 19.3. The number of ether oxygens (including phenoxy) is 1. The van der Waals surface area contributed by atoms with E-state index in [0.29, 0.717) is 12.0 Å². The molecule has 4 heteroatoms. The zero-order valence-corrected chi connectivity index (χ0v) is 16.1. The summed E-state index contributed by atoms with van der Waals surface area (Å²) in [6.45, 7) is 8.35. The fourth-order valence-electron chi connectivity index (χ4n) is 2.76. The highest BCUT2D eigenvalue weighted by Crippen LogP contribution is 2.22. The normalized spacial score (nSPS) is 12.3. The minimum Gasteiger partial charge on any atom is -0.467 e. The standard InChI is InChI=1S/C22H27NO3/c1-15-8-6-7-9-17(15)14-19(21(25)26-5)23-20(24)16-10-12-18(13-11-16)22(2,3)4/h6-13,19H,14H2,1-5H3,(H,23,24)/t19-/m1/s1. The van der Waals surface area contributed by atoms with Crippen LogP contribution in [0.2, 0.25) is 0 Å². The third-order valence-electron chi connectivity index (χ3n) is 4.49. The summed E-state index contributed by atoms with van der Waals surface area (Å²) in [5.41, 5.74) is 3.78. The lowest BCUT2D eigenvalue weighted by Gasteiger charge is -2.20. The van der Waals surface area contributed by atoms with Gasteiger partial charge in [-0.3, -0.25) is 4.79 Å². The van der Waals surface area contributed by atoms with Crippen LogP contribution in [0.3, 0.4) is 0 Å². The zero-order valence-electron chi connectivity index (χ0n) is 16.1. The predicted octanol–water partition coefficient (Wildman–Crippen LogP) is 3.81. The molecule has 0 bridgehead atoms. The molecule has 0 fully saturated rings. The molecule has 2 rings (SSSR count). The van der Waals surface area contributed by atoms with Crippen molar-refractivity contribution in [3.63, 3.8) is 0 Å². The fraction of sp³-hybridized carbons (Fsp3) is 0.364. The van der Waals surface area contributed by atoms with E-state index in [-0.39, 0.29) is 11.3 Å². The van der Waals surface area contributed by atoms with Gasteiger partial charge < -0.3 is 10.1 Å². The molecule has 0 aliphatic heterocycles. The summed E-state index contributed by atoms with van der Waals surface area (Å²) in [6.07, 6.45) is 0.394. The molecule has 0 saturated heterocycles. The van der Waals surface area contributed by atoms with Gasteiger partial charge in [0.1, 0.15) is 6.04 Å². The fourth-order valence-corrected chi connectivity index (χ4v) is 2.76. The second-order valence-corrected chi connectivity index (χ2v) is 7.51. The molecule has 2 aromatic carbocycles. The molecule has 0 saturated carbocycles. The molecule has 1 atom stereocenters. The average Bonchev–Trinajstić information content (AvgIpc) is 2.61. The number of aryl methyl sites for hydroxylation is 1. The van der Waals surface area contributed by atoms with E-state index >= 15 is 0 Å². The van der Waals surface area contributed by atoms with Gasteiger partial charge in [-0.15, -0.1) is 0 Å². The summed E-state index contributed by atoms with van der Waals surface area (Å²) in [6, 6.07) is 14.6. The maximum Gasteiger partial charge on any atom is 0.328 e. The Labute approximate surface area is 155 Å². The number of carbonyl (C=O) groups excluding carboxylic acids is 2. The Morgan fingerprint density at radius 3 is 2.19 bits per heavy atom. The number of hydrogen-bond donors (Lipinski definition) is 1. The molecule has 4 nitrogen and oxygen atoms in total. The maximum absolute atomic E-state index is 12.6. The Hall–Kier alpha value is -2.62. The van der Waals surface area contributed by atoms with Gasteiger partial charge in [0.25, 0.3) is 5.91 Å². The Bertz CT molecular complexity index is 773. The third-order valence-corrected chi connectivity index (χ3v) is 4.49.